The number of methoxy groups -OCH3 is 1. The number of amides is 2. The summed E-state index contributed by atoms with van der Waals surface area (Å²) in [5.41, 5.74) is 3.64. The molecule has 168 valence electrons. The molecule has 0 fully saturated rings. The molecular weight excluding hydrogens is 390 g/mol. The zero-order valence-corrected chi connectivity index (χ0v) is 19.6. The summed E-state index contributed by atoms with van der Waals surface area (Å²) in [6.07, 6.45) is 0. The predicted molar refractivity (Wildman–Crippen MR) is 127 cm³/mol. The third-order valence-corrected chi connectivity index (χ3v) is 5.08. The van der Waals surface area contributed by atoms with Gasteiger partial charge in [0.25, 0.3) is 0 Å². The van der Waals surface area contributed by atoms with Gasteiger partial charge in [-0.25, -0.2) is 0 Å². The number of hydrogen-bond acceptors (Lipinski definition) is 4. The van der Waals surface area contributed by atoms with Crippen LogP contribution in [-0.2, 0) is 15.0 Å². The first-order valence-electron chi connectivity index (χ1n) is 10.6. The van der Waals surface area contributed by atoms with Gasteiger partial charge in [-0.3, -0.25) is 9.59 Å². The van der Waals surface area contributed by atoms with E-state index in [4.69, 9.17) is 4.74 Å². The number of benzene rings is 2. The Hall–Kier alpha value is -2.86. The van der Waals surface area contributed by atoms with Crippen molar-refractivity contribution in [1.82, 2.24) is 5.32 Å². The number of hydrogen-bond donors (Lipinski definition) is 3. The number of anilines is 2. The first-order valence-corrected chi connectivity index (χ1v) is 10.6. The average molecular weight is 426 g/mol. The van der Waals surface area contributed by atoms with Crippen molar-refractivity contribution >= 4 is 23.2 Å². The van der Waals surface area contributed by atoms with Crippen LogP contribution in [0.5, 0.6) is 5.75 Å². The van der Waals surface area contributed by atoms with Crippen molar-refractivity contribution in [2.24, 2.45) is 5.92 Å². The number of ether oxygens (including phenoxy) is 1. The molecular formula is C25H35N3O3. The lowest BCUT2D eigenvalue weighted by Crippen LogP contribution is -2.33. The largest absolute Gasteiger partial charge is 0.495 e. The van der Waals surface area contributed by atoms with E-state index in [0.29, 0.717) is 23.0 Å². The molecule has 6 nitrogen and oxygen atoms in total. The molecule has 0 aliphatic heterocycles. The van der Waals surface area contributed by atoms with Crippen molar-refractivity contribution in [3.63, 3.8) is 0 Å². The van der Waals surface area contributed by atoms with Gasteiger partial charge in [0.1, 0.15) is 5.75 Å². The van der Waals surface area contributed by atoms with Crippen LogP contribution in [0.4, 0.5) is 11.4 Å². The minimum Gasteiger partial charge on any atom is -0.495 e. The third kappa shape index (κ3) is 7.10. The van der Waals surface area contributed by atoms with Crippen LogP contribution in [0.3, 0.4) is 0 Å². The minimum absolute atomic E-state index is 0.0485. The average Bonchev–Trinajstić information content (AvgIpc) is 2.67. The Morgan fingerprint density at radius 1 is 1.00 bits per heavy atom. The second kappa shape index (κ2) is 10.4. The SMILES string of the molecule is COc1ccc(NC(C)=O)cc1NC(=O)CN[C@@H](c1ccc(C(C)(C)C)cc1)C(C)C. The van der Waals surface area contributed by atoms with Gasteiger partial charge >= 0.3 is 0 Å². The number of rotatable bonds is 8. The third-order valence-electron chi connectivity index (χ3n) is 5.08. The molecule has 3 N–H and O–H groups in total. The molecule has 0 unspecified atom stereocenters. The first kappa shape index (κ1) is 24.4. The van der Waals surface area contributed by atoms with Gasteiger partial charge in [0.2, 0.25) is 11.8 Å². The molecule has 0 bridgehead atoms. The smallest absolute Gasteiger partial charge is 0.238 e. The molecule has 0 saturated heterocycles. The maximum Gasteiger partial charge on any atom is 0.238 e. The van der Waals surface area contributed by atoms with E-state index in [1.54, 1.807) is 18.2 Å². The summed E-state index contributed by atoms with van der Waals surface area (Å²) in [5.74, 6) is 0.475. The van der Waals surface area contributed by atoms with Crippen LogP contribution in [-0.4, -0.2) is 25.5 Å². The number of carbonyl (C=O) groups is 2. The van der Waals surface area contributed by atoms with Gasteiger partial charge in [-0.15, -0.1) is 0 Å². The highest BCUT2D eigenvalue weighted by Gasteiger charge is 2.19. The van der Waals surface area contributed by atoms with Crippen LogP contribution >= 0.6 is 0 Å². The summed E-state index contributed by atoms with van der Waals surface area (Å²) in [6.45, 7) is 12.4. The predicted octanol–water partition coefficient (Wildman–Crippen LogP) is 4.88. The van der Waals surface area contributed by atoms with Gasteiger partial charge in [0.15, 0.2) is 0 Å². The summed E-state index contributed by atoms with van der Waals surface area (Å²) in [6, 6.07) is 13.8. The maximum atomic E-state index is 12.6. The minimum atomic E-state index is -0.185. The molecule has 0 aliphatic rings. The molecule has 6 heteroatoms. The first-order chi connectivity index (χ1) is 14.5. The lowest BCUT2D eigenvalue weighted by Gasteiger charge is -2.25. The Morgan fingerprint density at radius 2 is 1.65 bits per heavy atom. The Labute approximate surface area is 185 Å². The molecule has 0 aliphatic carbocycles. The van der Waals surface area contributed by atoms with Crippen LogP contribution in [0.15, 0.2) is 42.5 Å². The van der Waals surface area contributed by atoms with Gasteiger partial charge in [-0.2, -0.15) is 0 Å². The summed E-state index contributed by atoms with van der Waals surface area (Å²) < 4.78 is 5.33. The van der Waals surface area contributed by atoms with Crippen molar-refractivity contribution in [2.45, 2.75) is 53.0 Å². The van der Waals surface area contributed by atoms with Crippen molar-refractivity contribution in [1.29, 1.82) is 0 Å². The van der Waals surface area contributed by atoms with Gasteiger partial charge in [0.05, 0.1) is 19.3 Å². The summed E-state index contributed by atoms with van der Waals surface area (Å²) in [4.78, 5) is 24.0. The summed E-state index contributed by atoms with van der Waals surface area (Å²) >= 11 is 0. The summed E-state index contributed by atoms with van der Waals surface area (Å²) in [5, 5.41) is 8.96. The normalized spacial score (nSPS) is 12.4. The fraction of sp³-hybridized carbons (Fsp3) is 0.440. The lowest BCUT2D eigenvalue weighted by atomic mass is 9.85. The van der Waals surface area contributed by atoms with Crippen molar-refractivity contribution in [3.8, 4) is 5.75 Å². The highest BCUT2D eigenvalue weighted by molar-refractivity contribution is 5.95. The zero-order valence-electron chi connectivity index (χ0n) is 19.6. The van der Waals surface area contributed by atoms with Crippen LogP contribution in [0, 0.1) is 5.92 Å². The second-order valence-electron chi connectivity index (χ2n) is 9.12. The maximum absolute atomic E-state index is 12.6. The Balaban J connectivity index is 2.08. The van der Waals surface area contributed by atoms with E-state index < -0.39 is 0 Å². The quantitative estimate of drug-likeness (QED) is 0.563. The molecule has 0 radical (unpaired) electrons. The van der Waals surface area contributed by atoms with E-state index in [1.165, 1.54) is 19.6 Å². The van der Waals surface area contributed by atoms with Crippen LogP contribution in [0.2, 0.25) is 0 Å². The molecule has 2 rings (SSSR count). The highest BCUT2D eigenvalue weighted by atomic mass is 16.5. The molecule has 0 saturated carbocycles. The van der Waals surface area contributed by atoms with E-state index in [1.807, 2.05) is 0 Å². The molecule has 31 heavy (non-hydrogen) atoms. The Morgan fingerprint density at radius 3 is 2.16 bits per heavy atom. The molecule has 0 spiro atoms. The van der Waals surface area contributed by atoms with Gasteiger partial charge in [-0.1, -0.05) is 58.9 Å². The van der Waals surface area contributed by atoms with Crippen LogP contribution < -0.4 is 20.7 Å². The van der Waals surface area contributed by atoms with E-state index in [2.05, 4.69) is 74.8 Å². The van der Waals surface area contributed by atoms with Crippen LogP contribution in [0.25, 0.3) is 0 Å². The molecule has 0 aromatic heterocycles. The number of carbonyl (C=O) groups excluding carboxylic acids is 2. The molecule has 2 amide bonds. The fourth-order valence-corrected chi connectivity index (χ4v) is 3.41. The van der Waals surface area contributed by atoms with Gasteiger partial charge < -0.3 is 20.7 Å². The second-order valence-corrected chi connectivity index (χ2v) is 9.12. The van der Waals surface area contributed by atoms with E-state index >= 15 is 0 Å². The van der Waals surface area contributed by atoms with E-state index in [9.17, 15) is 9.59 Å². The van der Waals surface area contributed by atoms with Gasteiger partial charge in [0, 0.05) is 18.7 Å². The standard InChI is InChI=1S/C25H35N3O3/c1-16(2)24(18-8-10-19(11-9-18)25(4,5)6)26-15-23(30)28-21-14-20(27-17(3)29)12-13-22(21)31-7/h8-14,16,24,26H,15H2,1-7H3,(H,27,29)(H,28,30)/t24-/m1/s1. The molecule has 2 aromatic carbocycles. The zero-order chi connectivity index (χ0) is 23.2. The van der Waals surface area contributed by atoms with Crippen LogP contribution in [0.1, 0.15) is 58.7 Å². The molecule has 1 atom stereocenters. The van der Waals surface area contributed by atoms with Crippen molar-refractivity contribution < 1.29 is 14.3 Å². The van der Waals surface area contributed by atoms with Gasteiger partial charge in [-0.05, 0) is 40.7 Å². The van der Waals surface area contributed by atoms with E-state index in [-0.39, 0.29) is 29.8 Å². The number of nitrogens with one attached hydrogen (secondary N) is 3. The highest BCUT2D eigenvalue weighted by Crippen LogP contribution is 2.29. The lowest BCUT2D eigenvalue weighted by molar-refractivity contribution is -0.116. The topological polar surface area (TPSA) is 79.5 Å². The Kier molecular flexibility index (Phi) is 8.22. The van der Waals surface area contributed by atoms with Crippen molar-refractivity contribution in [2.75, 3.05) is 24.3 Å². The monoisotopic (exact) mass is 425 g/mol. The summed E-state index contributed by atoms with van der Waals surface area (Å²) in [7, 11) is 1.54. The van der Waals surface area contributed by atoms with E-state index in [0.717, 1.165) is 5.56 Å². The van der Waals surface area contributed by atoms with Crippen molar-refractivity contribution in [3.05, 3.63) is 53.6 Å². The Bertz CT molecular complexity index is 899. The molecule has 2 aromatic rings. The fourth-order valence-electron chi connectivity index (χ4n) is 3.41. The molecule has 0 heterocycles.